The van der Waals surface area contributed by atoms with Crippen LogP contribution >= 0.6 is 0 Å². The quantitative estimate of drug-likeness (QED) is 0.717. The molecular formula is C13H15N3O2. The molecule has 5 nitrogen and oxygen atoms in total. The average molecular weight is 245 g/mol. The van der Waals surface area contributed by atoms with Gasteiger partial charge < -0.3 is 16.2 Å². The third-order valence-electron chi connectivity index (χ3n) is 2.80. The van der Waals surface area contributed by atoms with Gasteiger partial charge in [-0.25, -0.2) is 4.98 Å². The number of benzene rings is 1. The first-order valence-electron chi connectivity index (χ1n) is 5.69. The van der Waals surface area contributed by atoms with E-state index in [1.165, 1.54) is 0 Å². The summed E-state index contributed by atoms with van der Waals surface area (Å²) in [6.45, 7) is 2.32. The Labute approximate surface area is 105 Å². The highest BCUT2D eigenvalue weighted by Crippen LogP contribution is 2.28. The fourth-order valence-electron chi connectivity index (χ4n) is 1.91. The predicted octanol–water partition coefficient (Wildman–Crippen LogP) is 2.01. The Bertz CT molecular complexity index is 596. The van der Waals surface area contributed by atoms with Crippen LogP contribution in [0, 0.1) is 6.92 Å². The minimum Gasteiger partial charge on any atom is -0.481 e. The topological polar surface area (TPSA) is 88.2 Å². The Morgan fingerprint density at radius 3 is 2.94 bits per heavy atom. The van der Waals surface area contributed by atoms with Crippen LogP contribution in [0.15, 0.2) is 24.4 Å². The van der Waals surface area contributed by atoms with Crippen molar-refractivity contribution in [3.63, 3.8) is 0 Å². The normalized spacial score (nSPS) is 10.5. The van der Waals surface area contributed by atoms with Crippen molar-refractivity contribution in [2.45, 2.75) is 13.3 Å². The molecule has 0 aliphatic heterocycles. The number of hydrogen-bond acceptors (Lipinski definition) is 4. The van der Waals surface area contributed by atoms with Gasteiger partial charge in [0.15, 0.2) is 0 Å². The van der Waals surface area contributed by atoms with E-state index in [0.29, 0.717) is 18.1 Å². The van der Waals surface area contributed by atoms with Crippen molar-refractivity contribution < 1.29 is 9.90 Å². The summed E-state index contributed by atoms with van der Waals surface area (Å²) in [5, 5.41) is 13.5. The van der Waals surface area contributed by atoms with Gasteiger partial charge in [-0.1, -0.05) is 6.07 Å². The van der Waals surface area contributed by atoms with Crippen molar-refractivity contribution in [2.24, 2.45) is 0 Å². The first-order valence-corrected chi connectivity index (χ1v) is 5.69. The number of nitrogens with two attached hydrogens (primary N) is 1. The van der Waals surface area contributed by atoms with Gasteiger partial charge in [0.2, 0.25) is 0 Å². The Morgan fingerprint density at radius 1 is 1.44 bits per heavy atom. The number of pyridine rings is 1. The largest absolute Gasteiger partial charge is 0.481 e. The number of carbonyl (C=O) groups is 1. The molecule has 0 spiro atoms. The number of aromatic nitrogens is 1. The van der Waals surface area contributed by atoms with Crippen LogP contribution in [0.4, 0.5) is 11.5 Å². The smallest absolute Gasteiger partial charge is 0.305 e. The highest BCUT2D eigenvalue weighted by atomic mass is 16.4. The van der Waals surface area contributed by atoms with E-state index >= 15 is 0 Å². The van der Waals surface area contributed by atoms with Crippen LogP contribution in [0.25, 0.3) is 10.8 Å². The summed E-state index contributed by atoms with van der Waals surface area (Å²) in [7, 11) is 0. The Morgan fingerprint density at radius 2 is 2.22 bits per heavy atom. The molecule has 0 unspecified atom stereocenters. The van der Waals surface area contributed by atoms with E-state index in [1.54, 1.807) is 6.20 Å². The molecule has 0 atom stereocenters. The van der Waals surface area contributed by atoms with E-state index in [-0.39, 0.29) is 6.42 Å². The molecule has 5 heteroatoms. The number of nitrogens with zero attached hydrogens (tertiary/aromatic N) is 1. The SMILES string of the molecule is Cc1ccc(N)c2ccnc(NCCC(=O)O)c12. The second kappa shape index (κ2) is 4.91. The molecule has 94 valence electrons. The summed E-state index contributed by atoms with van der Waals surface area (Å²) in [6, 6.07) is 5.65. The maximum absolute atomic E-state index is 10.5. The van der Waals surface area contributed by atoms with Gasteiger partial charge in [0.1, 0.15) is 5.82 Å². The van der Waals surface area contributed by atoms with Crippen molar-refractivity contribution in [1.29, 1.82) is 0 Å². The summed E-state index contributed by atoms with van der Waals surface area (Å²) < 4.78 is 0. The molecule has 0 radical (unpaired) electrons. The van der Waals surface area contributed by atoms with Crippen LogP contribution in [0.5, 0.6) is 0 Å². The summed E-state index contributed by atoms with van der Waals surface area (Å²) in [5.41, 5.74) is 7.68. The van der Waals surface area contributed by atoms with Crippen LogP contribution in [0.3, 0.4) is 0 Å². The van der Waals surface area contributed by atoms with E-state index in [1.807, 2.05) is 25.1 Å². The average Bonchev–Trinajstić information content (AvgIpc) is 2.33. The van der Waals surface area contributed by atoms with Gasteiger partial charge >= 0.3 is 5.97 Å². The van der Waals surface area contributed by atoms with Crippen LogP contribution in [-0.4, -0.2) is 22.6 Å². The number of rotatable bonds is 4. The van der Waals surface area contributed by atoms with Crippen LogP contribution in [0.2, 0.25) is 0 Å². The first-order chi connectivity index (χ1) is 8.59. The van der Waals surface area contributed by atoms with Crippen molar-refractivity contribution >= 4 is 28.2 Å². The van der Waals surface area contributed by atoms with E-state index < -0.39 is 5.97 Å². The molecule has 0 saturated carbocycles. The second-order valence-corrected chi connectivity index (χ2v) is 4.12. The lowest BCUT2D eigenvalue weighted by Crippen LogP contribution is -2.09. The van der Waals surface area contributed by atoms with Gasteiger partial charge in [0, 0.05) is 29.2 Å². The van der Waals surface area contributed by atoms with Crippen LogP contribution in [0.1, 0.15) is 12.0 Å². The van der Waals surface area contributed by atoms with Crippen LogP contribution in [-0.2, 0) is 4.79 Å². The molecule has 0 amide bonds. The third-order valence-corrected chi connectivity index (χ3v) is 2.80. The predicted molar refractivity (Wildman–Crippen MR) is 71.6 cm³/mol. The first kappa shape index (κ1) is 12.2. The Balaban J connectivity index is 2.38. The molecule has 0 saturated heterocycles. The molecule has 2 rings (SSSR count). The summed E-state index contributed by atoms with van der Waals surface area (Å²) in [5.74, 6) is -0.155. The molecule has 2 aromatic rings. The third kappa shape index (κ3) is 2.34. The summed E-state index contributed by atoms with van der Waals surface area (Å²) in [6.07, 6.45) is 1.72. The number of nitrogen functional groups attached to an aromatic ring is 1. The number of anilines is 2. The fraction of sp³-hybridized carbons (Fsp3) is 0.231. The molecule has 0 aliphatic rings. The molecule has 1 aromatic heterocycles. The monoisotopic (exact) mass is 245 g/mol. The zero-order valence-corrected chi connectivity index (χ0v) is 10.1. The molecule has 0 bridgehead atoms. The van der Waals surface area contributed by atoms with E-state index in [0.717, 1.165) is 16.3 Å². The molecule has 0 aliphatic carbocycles. The van der Waals surface area contributed by atoms with Gasteiger partial charge in [-0.05, 0) is 24.6 Å². The van der Waals surface area contributed by atoms with Gasteiger partial charge in [0.05, 0.1) is 6.42 Å². The van der Waals surface area contributed by atoms with Gasteiger partial charge in [0.25, 0.3) is 0 Å². The zero-order chi connectivity index (χ0) is 13.1. The van der Waals surface area contributed by atoms with Crippen molar-refractivity contribution in [1.82, 2.24) is 4.98 Å². The van der Waals surface area contributed by atoms with E-state index in [9.17, 15) is 4.79 Å². The number of fused-ring (bicyclic) bond motifs is 1. The lowest BCUT2D eigenvalue weighted by molar-refractivity contribution is -0.136. The van der Waals surface area contributed by atoms with Gasteiger partial charge in [-0.15, -0.1) is 0 Å². The molecule has 1 aromatic carbocycles. The minimum atomic E-state index is -0.834. The number of nitrogens with one attached hydrogen (secondary N) is 1. The fourth-order valence-corrected chi connectivity index (χ4v) is 1.91. The van der Waals surface area contributed by atoms with Gasteiger partial charge in [-0.3, -0.25) is 4.79 Å². The number of aliphatic carboxylic acids is 1. The highest BCUT2D eigenvalue weighted by molar-refractivity contribution is 6.01. The standard InChI is InChI=1S/C13H15N3O2/c1-8-2-3-10(14)9-4-6-15-13(12(8)9)16-7-5-11(17)18/h2-4,6H,5,7,14H2,1H3,(H,15,16)(H,17,18). The van der Waals surface area contributed by atoms with Crippen molar-refractivity contribution in [3.8, 4) is 0 Å². The maximum atomic E-state index is 10.5. The molecule has 18 heavy (non-hydrogen) atoms. The van der Waals surface area contributed by atoms with Crippen molar-refractivity contribution in [2.75, 3.05) is 17.6 Å². The maximum Gasteiger partial charge on any atom is 0.305 e. The summed E-state index contributed by atoms with van der Waals surface area (Å²) >= 11 is 0. The van der Waals surface area contributed by atoms with Crippen LogP contribution < -0.4 is 11.1 Å². The van der Waals surface area contributed by atoms with E-state index in [4.69, 9.17) is 10.8 Å². The molecule has 1 heterocycles. The number of hydrogen-bond donors (Lipinski definition) is 3. The van der Waals surface area contributed by atoms with Gasteiger partial charge in [-0.2, -0.15) is 0 Å². The Kier molecular flexibility index (Phi) is 3.32. The number of carboxylic acids is 1. The highest BCUT2D eigenvalue weighted by Gasteiger charge is 2.07. The summed E-state index contributed by atoms with van der Waals surface area (Å²) in [4.78, 5) is 14.7. The minimum absolute atomic E-state index is 0.0550. The Hall–Kier alpha value is -2.30. The van der Waals surface area contributed by atoms with Crippen molar-refractivity contribution in [3.05, 3.63) is 30.0 Å². The molecular weight excluding hydrogens is 230 g/mol. The lowest BCUT2D eigenvalue weighted by atomic mass is 10.1. The van der Waals surface area contributed by atoms with E-state index in [2.05, 4.69) is 10.3 Å². The second-order valence-electron chi connectivity index (χ2n) is 4.12. The molecule has 4 N–H and O–H groups in total. The zero-order valence-electron chi connectivity index (χ0n) is 10.1. The number of carboxylic acid groups (broad SMARTS) is 1. The number of aryl methyl sites for hydroxylation is 1. The molecule has 0 fully saturated rings. The lowest BCUT2D eigenvalue weighted by Gasteiger charge is -2.11.